The van der Waals surface area contributed by atoms with Crippen molar-refractivity contribution in [1.82, 2.24) is 0 Å². The van der Waals surface area contributed by atoms with Gasteiger partial charge in [0.25, 0.3) is 6.29 Å². The van der Waals surface area contributed by atoms with Gasteiger partial charge in [0.1, 0.15) is 17.2 Å². The van der Waals surface area contributed by atoms with Gasteiger partial charge in [0.15, 0.2) is 0 Å². The van der Waals surface area contributed by atoms with Crippen molar-refractivity contribution in [2.45, 2.75) is 13.2 Å². The second-order valence-electron chi connectivity index (χ2n) is 5.20. The number of para-hydroxylation sites is 2. The molecule has 0 unspecified atom stereocenters. The van der Waals surface area contributed by atoms with Crippen LogP contribution in [0.4, 0.5) is 0 Å². The lowest BCUT2D eigenvalue weighted by molar-refractivity contribution is 0.00379. The predicted molar refractivity (Wildman–Crippen MR) is 94.5 cm³/mol. The van der Waals surface area contributed by atoms with Crippen molar-refractivity contribution in [1.29, 1.82) is 0 Å². The van der Waals surface area contributed by atoms with Crippen LogP contribution in [-0.4, -0.2) is 6.61 Å². The van der Waals surface area contributed by atoms with Gasteiger partial charge in [-0.2, -0.15) is 0 Å². The first-order chi connectivity index (χ1) is 11.8. The molecule has 24 heavy (non-hydrogen) atoms. The molecule has 3 aromatic carbocycles. The summed E-state index contributed by atoms with van der Waals surface area (Å²) in [6.07, 6.45) is -0.537. The smallest absolute Gasteiger partial charge is 0.267 e. The Morgan fingerprint density at radius 3 is 1.58 bits per heavy atom. The van der Waals surface area contributed by atoms with E-state index in [9.17, 15) is 0 Å². The van der Waals surface area contributed by atoms with Crippen LogP contribution in [-0.2, 0) is 0 Å². The van der Waals surface area contributed by atoms with Crippen molar-refractivity contribution in [3.8, 4) is 17.2 Å². The summed E-state index contributed by atoms with van der Waals surface area (Å²) < 4.78 is 17.6. The first-order valence-electron chi connectivity index (χ1n) is 8.01. The summed E-state index contributed by atoms with van der Waals surface area (Å²) in [5, 5.41) is 0. The summed E-state index contributed by atoms with van der Waals surface area (Å²) in [6, 6.07) is 27.1. The zero-order valence-electron chi connectivity index (χ0n) is 13.6. The molecule has 0 saturated heterocycles. The van der Waals surface area contributed by atoms with Crippen LogP contribution < -0.4 is 14.2 Å². The highest BCUT2D eigenvalue weighted by atomic mass is 16.7. The fraction of sp³-hybridized carbons (Fsp3) is 0.143. The number of ether oxygens (including phenoxy) is 3. The highest BCUT2D eigenvalue weighted by Gasteiger charge is 2.15. The van der Waals surface area contributed by atoms with Gasteiger partial charge in [0.2, 0.25) is 0 Å². The number of rotatable bonds is 7. The van der Waals surface area contributed by atoms with E-state index in [1.807, 2.05) is 91.9 Å². The Hall–Kier alpha value is -2.94. The van der Waals surface area contributed by atoms with Crippen LogP contribution >= 0.6 is 0 Å². The SMILES string of the molecule is CCOc1ccc(C(Oc2ccccc2)Oc2ccccc2)cc1. The molecule has 0 aliphatic carbocycles. The molecule has 0 aliphatic heterocycles. The molecule has 0 aromatic heterocycles. The lowest BCUT2D eigenvalue weighted by Crippen LogP contribution is -2.15. The highest BCUT2D eigenvalue weighted by Crippen LogP contribution is 2.27. The first kappa shape index (κ1) is 15.9. The molecule has 0 spiro atoms. The third-order valence-electron chi connectivity index (χ3n) is 3.44. The van der Waals surface area contributed by atoms with E-state index in [-0.39, 0.29) is 0 Å². The van der Waals surface area contributed by atoms with Crippen molar-refractivity contribution in [2.24, 2.45) is 0 Å². The summed E-state index contributed by atoms with van der Waals surface area (Å²) in [5.41, 5.74) is 0.922. The van der Waals surface area contributed by atoms with Crippen LogP contribution in [0.15, 0.2) is 84.9 Å². The second kappa shape index (κ2) is 8.06. The summed E-state index contributed by atoms with van der Waals surface area (Å²) in [7, 11) is 0. The van der Waals surface area contributed by atoms with Crippen molar-refractivity contribution in [3.05, 3.63) is 90.5 Å². The van der Waals surface area contributed by atoms with Gasteiger partial charge in [-0.1, -0.05) is 36.4 Å². The number of hydrogen-bond donors (Lipinski definition) is 0. The van der Waals surface area contributed by atoms with Crippen molar-refractivity contribution in [3.63, 3.8) is 0 Å². The average molecular weight is 320 g/mol. The summed E-state index contributed by atoms with van der Waals surface area (Å²) in [6.45, 7) is 2.61. The molecule has 0 N–H and O–H groups in total. The Kier molecular flexibility index (Phi) is 5.36. The van der Waals surface area contributed by atoms with Crippen LogP contribution in [0.5, 0.6) is 17.2 Å². The summed E-state index contributed by atoms with van der Waals surface area (Å²) >= 11 is 0. The molecule has 0 atom stereocenters. The van der Waals surface area contributed by atoms with E-state index in [1.54, 1.807) is 0 Å². The van der Waals surface area contributed by atoms with E-state index in [2.05, 4.69) is 0 Å². The fourth-order valence-corrected chi connectivity index (χ4v) is 2.29. The van der Waals surface area contributed by atoms with Crippen LogP contribution in [0, 0.1) is 0 Å². The minimum absolute atomic E-state index is 0.537. The van der Waals surface area contributed by atoms with E-state index in [4.69, 9.17) is 14.2 Å². The van der Waals surface area contributed by atoms with Gasteiger partial charge < -0.3 is 14.2 Å². The molecule has 0 radical (unpaired) electrons. The molecule has 3 aromatic rings. The maximum absolute atomic E-state index is 6.04. The van der Waals surface area contributed by atoms with Gasteiger partial charge in [-0.15, -0.1) is 0 Å². The monoisotopic (exact) mass is 320 g/mol. The Morgan fingerprint density at radius 1 is 0.625 bits per heavy atom. The van der Waals surface area contributed by atoms with Gasteiger partial charge in [-0.05, 0) is 55.5 Å². The molecule has 0 saturated carbocycles. The van der Waals surface area contributed by atoms with E-state index >= 15 is 0 Å². The second-order valence-corrected chi connectivity index (χ2v) is 5.20. The van der Waals surface area contributed by atoms with Gasteiger partial charge >= 0.3 is 0 Å². The Bertz CT molecular complexity index is 683. The molecule has 0 heterocycles. The molecule has 0 fully saturated rings. The molecule has 3 nitrogen and oxygen atoms in total. The Morgan fingerprint density at radius 2 is 1.12 bits per heavy atom. The molecule has 3 heteroatoms. The van der Waals surface area contributed by atoms with Crippen LogP contribution in [0.3, 0.4) is 0 Å². The van der Waals surface area contributed by atoms with Crippen LogP contribution in [0.1, 0.15) is 18.8 Å². The lowest BCUT2D eigenvalue weighted by atomic mass is 10.2. The van der Waals surface area contributed by atoms with Crippen molar-refractivity contribution in [2.75, 3.05) is 6.61 Å². The molecular weight excluding hydrogens is 300 g/mol. The molecule has 122 valence electrons. The van der Waals surface area contributed by atoms with Gasteiger partial charge in [0.05, 0.1) is 6.61 Å². The molecule has 0 bridgehead atoms. The Balaban J connectivity index is 1.83. The molecule has 0 amide bonds. The quantitative estimate of drug-likeness (QED) is 0.557. The third-order valence-corrected chi connectivity index (χ3v) is 3.44. The van der Waals surface area contributed by atoms with Crippen LogP contribution in [0.2, 0.25) is 0 Å². The highest BCUT2D eigenvalue weighted by molar-refractivity contribution is 5.31. The van der Waals surface area contributed by atoms with E-state index in [1.165, 1.54) is 0 Å². The third kappa shape index (κ3) is 4.29. The number of hydrogen-bond acceptors (Lipinski definition) is 3. The first-order valence-corrected chi connectivity index (χ1v) is 8.01. The van der Waals surface area contributed by atoms with E-state index in [0.29, 0.717) is 6.61 Å². The van der Waals surface area contributed by atoms with Crippen molar-refractivity contribution < 1.29 is 14.2 Å². The predicted octanol–water partition coefficient (Wildman–Crippen LogP) is 5.24. The summed E-state index contributed by atoms with van der Waals surface area (Å²) in [5.74, 6) is 2.35. The fourth-order valence-electron chi connectivity index (χ4n) is 2.29. The topological polar surface area (TPSA) is 27.7 Å². The molecule has 0 aliphatic rings. The minimum Gasteiger partial charge on any atom is -0.494 e. The van der Waals surface area contributed by atoms with E-state index < -0.39 is 6.29 Å². The van der Waals surface area contributed by atoms with Crippen molar-refractivity contribution >= 4 is 0 Å². The zero-order valence-corrected chi connectivity index (χ0v) is 13.6. The zero-order chi connectivity index (χ0) is 16.6. The van der Waals surface area contributed by atoms with Gasteiger partial charge in [-0.25, -0.2) is 0 Å². The average Bonchev–Trinajstić information content (AvgIpc) is 2.64. The summed E-state index contributed by atoms with van der Waals surface area (Å²) in [4.78, 5) is 0. The molecular formula is C21H20O3. The maximum atomic E-state index is 6.04. The normalized spacial score (nSPS) is 10.4. The van der Waals surface area contributed by atoms with Gasteiger partial charge in [-0.3, -0.25) is 0 Å². The van der Waals surface area contributed by atoms with Gasteiger partial charge in [0, 0.05) is 5.56 Å². The molecule has 3 rings (SSSR count). The number of benzene rings is 3. The van der Waals surface area contributed by atoms with Crippen LogP contribution in [0.25, 0.3) is 0 Å². The minimum atomic E-state index is -0.537. The largest absolute Gasteiger partial charge is 0.494 e. The maximum Gasteiger partial charge on any atom is 0.267 e. The Labute approximate surface area is 142 Å². The standard InChI is InChI=1S/C21H20O3/c1-2-22-18-15-13-17(14-16-18)21(23-19-9-5-3-6-10-19)24-20-11-7-4-8-12-20/h3-16,21H,2H2,1H3. The van der Waals surface area contributed by atoms with E-state index in [0.717, 1.165) is 22.8 Å². The lowest BCUT2D eigenvalue weighted by Gasteiger charge is -2.21.